The lowest BCUT2D eigenvalue weighted by atomic mass is 9.99. The van der Waals surface area contributed by atoms with Crippen molar-refractivity contribution in [1.29, 1.82) is 0 Å². The van der Waals surface area contributed by atoms with Crippen molar-refractivity contribution in [2.24, 2.45) is 0 Å². The summed E-state index contributed by atoms with van der Waals surface area (Å²) in [5, 5.41) is 3.30. The van der Waals surface area contributed by atoms with Gasteiger partial charge in [0.1, 0.15) is 0 Å². The fourth-order valence-corrected chi connectivity index (χ4v) is 2.48. The average molecular weight is 291 g/mol. The molecular formula is C15H15ClN2O2. The van der Waals surface area contributed by atoms with Gasteiger partial charge in [-0.25, -0.2) is 0 Å². The molecule has 1 aromatic rings. The summed E-state index contributed by atoms with van der Waals surface area (Å²) in [5.41, 5.74) is 1.57. The second-order valence-corrected chi connectivity index (χ2v) is 4.85. The van der Waals surface area contributed by atoms with Gasteiger partial charge in [0.25, 0.3) is 11.8 Å². The zero-order valence-electron chi connectivity index (χ0n) is 11.2. The van der Waals surface area contributed by atoms with Gasteiger partial charge in [0, 0.05) is 30.2 Å². The number of rotatable bonds is 3. The third-order valence-electron chi connectivity index (χ3n) is 3.17. The van der Waals surface area contributed by atoms with Crippen LogP contribution in [0.25, 0.3) is 0 Å². The molecule has 0 spiro atoms. The van der Waals surface area contributed by atoms with Crippen molar-refractivity contribution < 1.29 is 9.59 Å². The Labute approximate surface area is 123 Å². The Morgan fingerprint density at radius 1 is 1.50 bits per heavy atom. The van der Waals surface area contributed by atoms with E-state index in [0.29, 0.717) is 30.2 Å². The Morgan fingerprint density at radius 3 is 3.05 bits per heavy atom. The minimum absolute atomic E-state index is 0.0374. The Hall–Kier alpha value is -1.99. The van der Waals surface area contributed by atoms with Crippen LogP contribution < -0.4 is 5.32 Å². The van der Waals surface area contributed by atoms with Crippen LogP contribution in [0.1, 0.15) is 22.8 Å². The smallest absolute Gasteiger partial charge is 0.295 e. The molecule has 0 saturated carbocycles. The largest absolute Gasteiger partial charge is 0.343 e. The SMILES string of the molecule is CC#CC(=O)NCCN1CCc2c(Cl)cccc2C1=O. The standard InChI is InChI=1S/C15H15ClN2O2/c1-2-4-14(19)17-8-10-18-9-7-11-12(15(18)20)5-3-6-13(11)16/h3,5-6H,7-10H2,1H3,(H,17,19). The van der Waals surface area contributed by atoms with E-state index in [2.05, 4.69) is 17.2 Å². The van der Waals surface area contributed by atoms with Gasteiger partial charge in [-0.3, -0.25) is 9.59 Å². The maximum Gasteiger partial charge on any atom is 0.295 e. The molecule has 1 heterocycles. The van der Waals surface area contributed by atoms with Gasteiger partial charge in [-0.1, -0.05) is 23.6 Å². The molecule has 2 amide bonds. The molecule has 104 valence electrons. The lowest BCUT2D eigenvalue weighted by Gasteiger charge is -2.29. The van der Waals surface area contributed by atoms with Crippen molar-refractivity contribution in [3.8, 4) is 11.8 Å². The second kappa shape index (κ2) is 6.44. The highest BCUT2D eigenvalue weighted by molar-refractivity contribution is 6.32. The molecule has 2 rings (SSSR count). The van der Waals surface area contributed by atoms with E-state index >= 15 is 0 Å². The number of nitrogens with zero attached hydrogens (tertiary/aromatic N) is 1. The molecule has 4 nitrogen and oxygen atoms in total. The molecule has 0 bridgehead atoms. The molecule has 1 aromatic carbocycles. The topological polar surface area (TPSA) is 49.4 Å². The van der Waals surface area contributed by atoms with Gasteiger partial charge in [0.05, 0.1) is 0 Å². The number of halogens is 1. The van der Waals surface area contributed by atoms with Crippen molar-refractivity contribution in [3.63, 3.8) is 0 Å². The Balaban J connectivity index is 1.97. The quantitative estimate of drug-likeness (QED) is 0.857. The molecule has 0 aromatic heterocycles. The van der Waals surface area contributed by atoms with Gasteiger partial charge in [-0.15, -0.1) is 0 Å². The van der Waals surface area contributed by atoms with Crippen molar-refractivity contribution in [1.82, 2.24) is 10.2 Å². The maximum atomic E-state index is 12.3. The number of carbonyl (C=O) groups excluding carboxylic acids is 2. The third kappa shape index (κ3) is 3.12. The number of amides is 2. The number of nitrogens with one attached hydrogen (secondary N) is 1. The lowest BCUT2D eigenvalue weighted by molar-refractivity contribution is -0.115. The van der Waals surface area contributed by atoms with Crippen molar-refractivity contribution in [2.75, 3.05) is 19.6 Å². The van der Waals surface area contributed by atoms with Crippen LogP contribution in [0.15, 0.2) is 18.2 Å². The summed E-state index contributed by atoms with van der Waals surface area (Å²) in [6.07, 6.45) is 0.740. The van der Waals surface area contributed by atoms with Crippen LogP contribution in [0.5, 0.6) is 0 Å². The fraction of sp³-hybridized carbons (Fsp3) is 0.333. The van der Waals surface area contributed by atoms with Crippen molar-refractivity contribution in [3.05, 3.63) is 34.3 Å². The van der Waals surface area contributed by atoms with Gasteiger partial charge < -0.3 is 10.2 Å². The highest BCUT2D eigenvalue weighted by Gasteiger charge is 2.25. The molecule has 0 saturated heterocycles. The Bertz CT molecular complexity index is 602. The summed E-state index contributed by atoms with van der Waals surface area (Å²) >= 11 is 6.09. The minimum Gasteiger partial charge on any atom is -0.343 e. The van der Waals surface area contributed by atoms with Gasteiger partial charge in [0.2, 0.25) is 0 Å². The van der Waals surface area contributed by atoms with Gasteiger partial charge in [-0.2, -0.15) is 0 Å². The molecule has 0 radical (unpaired) electrons. The summed E-state index contributed by atoms with van der Waals surface area (Å²) < 4.78 is 0. The second-order valence-electron chi connectivity index (χ2n) is 4.44. The highest BCUT2D eigenvalue weighted by atomic mass is 35.5. The molecule has 0 aliphatic carbocycles. The number of hydrogen-bond donors (Lipinski definition) is 1. The van der Waals surface area contributed by atoms with E-state index in [-0.39, 0.29) is 11.8 Å². The normalized spacial score (nSPS) is 13.3. The maximum absolute atomic E-state index is 12.3. The first-order valence-corrected chi connectivity index (χ1v) is 6.78. The van der Waals surface area contributed by atoms with E-state index in [1.165, 1.54) is 0 Å². The highest BCUT2D eigenvalue weighted by Crippen LogP contribution is 2.25. The Kier molecular flexibility index (Phi) is 4.65. The zero-order chi connectivity index (χ0) is 14.5. The molecule has 1 N–H and O–H groups in total. The molecular weight excluding hydrogens is 276 g/mol. The summed E-state index contributed by atoms with van der Waals surface area (Å²) in [4.78, 5) is 25.2. The van der Waals surface area contributed by atoms with Crippen LogP contribution >= 0.6 is 11.6 Å². The van der Waals surface area contributed by atoms with Crippen LogP contribution in [0.2, 0.25) is 5.02 Å². The van der Waals surface area contributed by atoms with Crippen LogP contribution in [0, 0.1) is 11.8 Å². The molecule has 1 aliphatic heterocycles. The number of hydrogen-bond acceptors (Lipinski definition) is 2. The first kappa shape index (κ1) is 14.4. The van der Waals surface area contributed by atoms with Crippen LogP contribution in [-0.2, 0) is 11.2 Å². The predicted octanol–water partition coefficient (Wildman–Crippen LogP) is 1.48. The molecule has 5 heteroatoms. The number of carbonyl (C=O) groups is 2. The van der Waals surface area contributed by atoms with Crippen molar-refractivity contribution >= 4 is 23.4 Å². The Morgan fingerprint density at radius 2 is 2.30 bits per heavy atom. The lowest BCUT2D eigenvalue weighted by Crippen LogP contribution is -2.42. The van der Waals surface area contributed by atoms with E-state index in [1.54, 1.807) is 30.0 Å². The predicted molar refractivity (Wildman–Crippen MR) is 77.5 cm³/mol. The molecule has 1 aliphatic rings. The van der Waals surface area contributed by atoms with Gasteiger partial charge in [0.15, 0.2) is 0 Å². The van der Waals surface area contributed by atoms with E-state index in [4.69, 9.17) is 11.6 Å². The van der Waals surface area contributed by atoms with Gasteiger partial charge in [-0.05, 0) is 37.0 Å². The molecule has 20 heavy (non-hydrogen) atoms. The van der Waals surface area contributed by atoms with E-state index in [1.807, 2.05) is 0 Å². The van der Waals surface area contributed by atoms with E-state index in [9.17, 15) is 9.59 Å². The van der Waals surface area contributed by atoms with E-state index < -0.39 is 0 Å². The number of fused-ring (bicyclic) bond motifs is 1. The first-order chi connectivity index (χ1) is 9.63. The van der Waals surface area contributed by atoms with E-state index in [0.717, 1.165) is 12.0 Å². The fourth-order valence-electron chi connectivity index (χ4n) is 2.21. The van der Waals surface area contributed by atoms with Crippen LogP contribution in [0.4, 0.5) is 0 Å². The third-order valence-corrected chi connectivity index (χ3v) is 3.53. The summed E-state index contributed by atoms with van der Waals surface area (Å²) in [6, 6.07) is 5.37. The number of benzene rings is 1. The summed E-state index contributed by atoms with van der Waals surface area (Å²) in [7, 11) is 0. The zero-order valence-corrected chi connectivity index (χ0v) is 12.0. The average Bonchev–Trinajstić information content (AvgIpc) is 2.42. The monoisotopic (exact) mass is 290 g/mol. The molecule has 0 atom stereocenters. The van der Waals surface area contributed by atoms with Gasteiger partial charge >= 0.3 is 0 Å². The molecule has 0 unspecified atom stereocenters. The molecule has 0 fully saturated rings. The minimum atomic E-state index is -0.319. The van der Waals surface area contributed by atoms with Crippen molar-refractivity contribution in [2.45, 2.75) is 13.3 Å². The van der Waals surface area contributed by atoms with Crippen LogP contribution in [0.3, 0.4) is 0 Å². The van der Waals surface area contributed by atoms with Crippen LogP contribution in [-0.4, -0.2) is 36.3 Å². The summed E-state index contributed by atoms with van der Waals surface area (Å²) in [6.45, 7) is 3.09. The first-order valence-electron chi connectivity index (χ1n) is 6.40. The summed E-state index contributed by atoms with van der Waals surface area (Å²) in [5.74, 6) is 4.57.